The van der Waals surface area contributed by atoms with E-state index < -0.39 is 0 Å². The van der Waals surface area contributed by atoms with Gasteiger partial charge >= 0.3 is 0 Å². The SMILES string of the molecule is CC(C)CNCC1(CN2CC3CCC2C3)CCCOC1. The molecule has 1 saturated carbocycles. The molecule has 1 aliphatic carbocycles. The second-order valence-corrected chi connectivity index (χ2v) is 7.94. The first-order valence-electron chi connectivity index (χ1n) is 8.69. The summed E-state index contributed by atoms with van der Waals surface area (Å²) >= 11 is 0. The second-order valence-electron chi connectivity index (χ2n) is 7.94. The molecular formula is C17H32N2O. The Hall–Kier alpha value is -0.120. The van der Waals surface area contributed by atoms with E-state index in [0.29, 0.717) is 5.41 Å². The van der Waals surface area contributed by atoms with Gasteiger partial charge in [0.05, 0.1) is 6.61 Å². The second kappa shape index (κ2) is 6.33. The Morgan fingerprint density at radius 3 is 2.85 bits per heavy atom. The fourth-order valence-electron chi connectivity index (χ4n) is 4.51. The molecule has 3 nitrogen and oxygen atoms in total. The van der Waals surface area contributed by atoms with Gasteiger partial charge in [-0.15, -0.1) is 0 Å². The summed E-state index contributed by atoms with van der Waals surface area (Å²) in [6, 6.07) is 0.893. The molecule has 2 heterocycles. The van der Waals surface area contributed by atoms with Crippen molar-refractivity contribution in [3.8, 4) is 0 Å². The maximum absolute atomic E-state index is 5.87. The number of likely N-dealkylation sites (tertiary alicyclic amines) is 1. The molecule has 20 heavy (non-hydrogen) atoms. The molecule has 3 rings (SSSR count). The van der Waals surface area contributed by atoms with Crippen LogP contribution < -0.4 is 5.32 Å². The van der Waals surface area contributed by atoms with E-state index in [4.69, 9.17) is 4.74 Å². The van der Waals surface area contributed by atoms with E-state index in [9.17, 15) is 0 Å². The van der Waals surface area contributed by atoms with Crippen molar-refractivity contribution in [3.05, 3.63) is 0 Å². The lowest BCUT2D eigenvalue weighted by molar-refractivity contribution is -0.0308. The smallest absolute Gasteiger partial charge is 0.0546 e. The van der Waals surface area contributed by atoms with Crippen molar-refractivity contribution in [2.24, 2.45) is 17.3 Å². The number of piperidine rings is 1. The first-order chi connectivity index (χ1) is 9.67. The molecule has 3 atom stereocenters. The molecule has 116 valence electrons. The van der Waals surface area contributed by atoms with Crippen LogP contribution in [0.2, 0.25) is 0 Å². The Morgan fingerprint density at radius 2 is 2.25 bits per heavy atom. The molecule has 3 aliphatic rings. The molecule has 0 radical (unpaired) electrons. The fraction of sp³-hybridized carbons (Fsp3) is 1.00. The van der Waals surface area contributed by atoms with E-state index in [0.717, 1.165) is 44.2 Å². The summed E-state index contributed by atoms with van der Waals surface area (Å²) < 4.78 is 5.87. The minimum Gasteiger partial charge on any atom is -0.381 e. The highest BCUT2D eigenvalue weighted by Crippen LogP contribution is 2.40. The third-order valence-electron chi connectivity index (χ3n) is 5.52. The monoisotopic (exact) mass is 280 g/mol. The molecule has 3 heteroatoms. The van der Waals surface area contributed by atoms with Crippen LogP contribution in [0.5, 0.6) is 0 Å². The van der Waals surface area contributed by atoms with Crippen LogP contribution >= 0.6 is 0 Å². The van der Waals surface area contributed by atoms with Gasteiger partial charge in [0.2, 0.25) is 0 Å². The van der Waals surface area contributed by atoms with Crippen LogP contribution in [0.25, 0.3) is 0 Å². The summed E-state index contributed by atoms with van der Waals surface area (Å²) in [5, 5.41) is 3.71. The summed E-state index contributed by atoms with van der Waals surface area (Å²) in [6.45, 7) is 11.4. The number of nitrogens with one attached hydrogen (secondary N) is 1. The Balaban J connectivity index is 1.57. The standard InChI is InChI=1S/C17H32N2O/c1-14(2)9-18-11-17(6-3-7-20-13-17)12-19-10-15-4-5-16(19)8-15/h14-16,18H,3-13H2,1-2H3. The van der Waals surface area contributed by atoms with Gasteiger partial charge in [-0.05, 0) is 50.5 Å². The minimum absolute atomic E-state index is 0.373. The van der Waals surface area contributed by atoms with E-state index in [1.807, 2.05) is 0 Å². The Bertz CT molecular complexity index is 312. The molecule has 3 fully saturated rings. The maximum atomic E-state index is 5.87. The van der Waals surface area contributed by atoms with Crippen LogP contribution in [0.15, 0.2) is 0 Å². The third kappa shape index (κ3) is 3.37. The third-order valence-corrected chi connectivity index (χ3v) is 5.52. The predicted molar refractivity (Wildman–Crippen MR) is 82.9 cm³/mol. The lowest BCUT2D eigenvalue weighted by atomic mass is 9.81. The van der Waals surface area contributed by atoms with Crippen molar-refractivity contribution in [2.45, 2.75) is 52.0 Å². The highest BCUT2D eigenvalue weighted by Gasteiger charge is 2.42. The summed E-state index contributed by atoms with van der Waals surface area (Å²) in [5.74, 6) is 1.74. The van der Waals surface area contributed by atoms with E-state index in [-0.39, 0.29) is 0 Å². The van der Waals surface area contributed by atoms with Crippen molar-refractivity contribution in [1.82, 2.24) is 10.2 Å². The summed E-state index contributed by atoms with van der Waals surface area (Å²) in [6.07, 6.45) is 6.98. The molecular weight excluding hydrogens is 248 g/mol. The Morgan fingerprint density at radius 1 is 1.35 bits per heavy atom. The maximum Gasteiger partial charge on any atom is 0.0546 e. The Kier molecular flexibility index (Phi) is 4.68. The summed E-state index contributed by atoms with van der Waals surface area (Å²) in [7, 11) is 0. The molecule has 0 aromatic heterocycles. The molecule has 2 saturated heterocycles. The zero-order valence-corrected chi connectivity index (χ0v) is 13.4. The molecule has 1 N–H and O–H groups in total. The van der Waals surface area contributed by atoms with Crippen molar-refractivity contribution in [1.29, 1.82) is 0 Å². The topological polar surface area (TPSA) is 24.5 Å². The largest absolute Gasteiger partial charge is 0.381 e. The van der Waals surface area contributed by atoms with Crippen molar-refractivity contribution in [2.75, 3.05) is 39.4 Å². The van der Waals surface area contributed by atoms with Crippen LogP contribution in [0, 0.1) is 17.3 Å². The highest BCUT2D eigenvalue weighted by atomic mass is 16.5. The molecule has 2 bridgehead atoms. The molecule has 0 amide bonds. The number of nitrogens with zero attached hydrogens (tertiary/aromatic N) is 1. The average molecular weight is 280 g/mol. The average Bonchev–Trinajstić information content (AvgIpc) is 3.01. The van der Waals surface area contributed by atoms with Crippen molar-refractivity contribution in [3.63, 3.8) is 0 Å². The highest BCUT2D eigenvalue weighted by molar-refractivity contribution is 4.96. The fourth-order valence-corrected chi connectivity index (χ4v) is 4.51. The number of hydrogen-bond donors (Lipinski definition) is 1. The lowest BCUT2D eigenvalue weighted by Gasteiger charge is -2.42. The number of ether oxygens (including phenoxy) is 1. The van der Waals surface area contributed by atoms with Gasteiger partial charge in [0.15, 0.2) is 0 Å². The van der Waals surface area contributed by atoms with Crippen LogP contribution in [0.4, 0.5) is 0 Å². The number of rotatable bonds is 6. The van der Waals surface area contributed by atoms with Crippen molar-refractivity contribution >= 4 is 0 Å². The van der Waals surface area contributed by atoms with Crippen LogP contribution in [0.3, 0.4) is 0 Å². The molecule has 2 aliphatic heterocycles. The van der Waals surface area contributed by atoms with Gasteiger partial charge in [-0.1, -0.05) is 13.8 Å². The zero-order chi connectivity index (χ0) is 14.0. The first kappa shape index (κ1) is 14.8. The normalized spacial score (nSPS) is 38.0. The predicted octanol–water partition coefficient (Wildman–Crippen LogP) is 2.51. The van der Waals surface area contributed by atoms with Gasteiger partial charge in [-0.2, -0.15) is 0 Å². The lowest BCUT2D eigenvalue weighted by Crippen LogP contribution is -2.51. The minimum atomic E-state index is 0.373. The van der Waals surface area contributed by atoms with E-state index in [1.54, 1.807) is 0 Å². The van der Waals surface area contributed by atoms with Gasteiger partial charge in [-0.25, -0.2) is 0 Å². The van der Waals surface area contributed by atoms with Gasteiger partial charge < -0.3 is 10.1 Å². The molecule has 3 unspecified atom stereocenters. The zero-order valence-electron chi connectivity index (χ0n) is 13.4. The van der Waals surface area contributed by atoms with Gasteiger partial charge in [0, 0.05) is 37.7 Å². The van der Waals surface area contributed by atoms with Gasteiger partial charge in [0.25, 0.3) is 0 Å². The quantitative estimate of drug-likeness (QED) is 0.809. The van der Waals surface area contributed by atoms with Crippen LogP contribution in [-0.4, -0.2) is 50.3 Å². The van der Waals surface area contributed by atoms with Crippen LogP contribution in [0.1, 0.15) is 46.0 Å². The van der Waals surface area contributed by atoms with Crippen molar-refractivity contribution < 1.29 is 4.74 Å². The van der Waals surface area contributed by atoms with Gasteiger partial charge in [0.1, 0.15) is 0 Å². The first-order valence-corrected chi connectivity index (χ1v) is 8.69. The van der Waals surface area contributed by atoms with E-state index >= 15 is 0 Å². The molecule has 0 aromatic rings. The number of fused-ring (bicyclic) bond motifs is 2. The summed E-state index contributed by atoms with van der Waals surface area (Å²) in [4.78, 5) is 2.79. The molecule has 0 aromatic carbocycles. The van der Waals surface area contributed by atoms with Crippen LogP contribution in [-0.2, 0) is 4.74 Å². The van der Waals surface area contributed by atoms with E-state index in [1.165, 1.54) is 45.2 Å². The van der Waals surface area contributed by atoms with Gasteiger partial charge in [-0.3, -0.25) is 4.90 Å². The Labute approximate surface area is 124 Å². The molecule has 0 spiro atoms. The summed E-state index contributed by atoms with van der Waals surface area (Å²) in [5.41, 5.74) is 0.373. The van der Waals surface area contributed by atoms with E-state index in [2.05, 4.69) is 24.1 Å². The number of hydrogen-bond acceptors (Lipinski definition) is 3.